The van der Waals surface area contributed by atoms with Crippen LogP contribution in [0.3, 0.4) is 0 Å². The van der Waals surface area contributed by atoms with Crippen LogP contribution in [-0.2, 0) is 4.79 Å². The first-order chi connectivity index (χ1) is 9.06. The van der Waals surface area contributed by atoms with E-state index in [4.69, 9.17) is 5.26 Å². The zero-order valence-corrected chi connectivity index (χ0v) is 12.5. The molecular weight excluding hydrogens is 256 g/mol. The number of rotatable bonds is 6. The van der Waals surface area contributed by atoms with Crippen LogP contribution in [0.2, 0.25) is 0 Å². The number of unbranched alkanes of at least 4 members (excludes halogenated alkanes) is 1. The van der Waals surface area contributed by atoms with E-state index < -0.39 is 0 Å². The molecule has 0 radical (unpaired) electrons. The lowest BCUT2D eigenvalue weighted by Gasteiger charge is -2.14. The van der Waals surface area contributed by atoms with Crippen molar-refractivity contribution in [2.24, 2.45) is 0 Å². The zero-order valence-electron chi connectivity index (χ0n) is 11.7. The molecule has 102 valence electrons. The highest BCUT2D eigenvalue weighted by molar-refractivity contribution is 8.00. The standard InChI is InChI=1S/C15H20N2OS/c1-11-7-6-8-14(12(11)2)17-15(18)13(3)19-10-5-4-9-16/h6-8,13H,4-5,10H2,1-3H3,(H,17,18). The third-order valence-electron chi connectivity index (χ3n) is 3.03. The number of hydrogen-bond donors (Lipinski definition) is 1. The van der Waals surface area contributed by atoms with Crippen molar-refractivity contribution in [1.29, 1.82) is 5.26 Å². The van der Waals surface area contributed by atoms with E-state index in [2.05, 4.69) is 11.4 Å². The Balaban J connectivity index is 2.50. The fourth-order valence-electron chi connectivity index (χ4n) is 1.61. The van der Waals surface area contributed by atoms with Gasteiger partial charge in [0.05, 0.1) is 11.3 Å². The van der Waals surface area contributed by atoms with Gasteiger partial charge in [0.25, 0.3) is 0 Å². The summed E-state index contributed by atoms with van der Waals surface area (Å²) in [5.74, 6) is 0.866. The summed E-state index contributed by atoms with van der Waals surface area (Å²) in [5.41, 5.74) is 3.17. The molecule has 0 saturated carbocycles. The minimum Gasteiger partial charge on any atom is -0.325 e. The monoisotopic (exact) mass is 276 g/mol. The highest BCUT2D eigenvalue weighted by Gasteiger charge is 2.14. The Morgan fingerprint density at radius 3 is 2.89 bits per heavy atom. The molecule has 1 aromatic rings. The maximum atomic E-state index is 12.0. The van der Waals surface area contributed by atoms with Gasteiger partial charge < -0.3 is 5.32 Å². The topological polar surface area (TPSA) is 52.9 Å². The summed E-state index contributed by atoms with van der Waals surface area (Å²) in [5, 5.41) is 11.3. The second-order valence-electron chi connectivity index (χ2n) is 4.51. The molecule has 0 fully saturated rings. The van der Waals surface area contributed by atoms with Crippen molar-refractivity contribution in [2.45, 2.75) is 38.9 Å². The lowest BCUT2D eigenvalue weighted by Crippen LogP contribution is -2.23. The fraction of sp³-hybridized carbons (Fsp3) is 0.467. The van der Waals surface area contributed by atoms with Crippen molar-refractivity contribution in [3.8, 4) is 6.07 Å². The van der Waals surface area contributed by atoms with Gasteiger partial charge in [0, 0.05) is 12.1 Å². The van der Waals surface area contributed by atoms with Gasteiger partial charge in [0.15, 0.2) is 0 Å². The van der Waals surface area contributed by atoms with Crippen molar-refractivity contribution in [2.75, 3.05) is 11.1 Å². The first-order valence-electron chi connectivity index (χ1n) is 6.42. The Morgan fingerprint density at radius 2 is 2.21 bits per heavy atom. The molecule has 1 amide bonds. The number of thioether (sulfide) groups is 1. The number of amides is 1. The smallest absolute Gasteiger partial charge is 0.237 e. The average Bonchev–Trinajstić information content (AvgIpc) is 2.39. The molecule has 0 saturated heterocycles. The number of hydrogen-bond acceptors (Lipinski definition) is 3. The summed E-state index contributed by atoms with van der Waals surface area (Å²) in [7, 11) is 0. The number of nitrogens with one attached hydrogen (secondary N) is 1. The van der Waals surface area contributed by atoms with E-state index in [0.29, 0.717) is 6.42 Å². The van der Waals surface area contributed by atoms with E-state index in [1.165, 1.54) is 5.56 Å². The molecular formula is C15H20N2OS. The van der Waals surface area contributed by atoms with Crippen LogP contribution in [0, 0.1) is 25.2 Å². The number of nitriles is 1. The molecule has 0 bridgehead atoms. The Kier molecular flexibility index (Phi) is 6.44. The number of benzene rings is 1. The van der Waals surface area contributed by atoms with Crippen LogP contribution < -0.4 is 5.32 Å². The molecule has 4 heteroatoms. The second-order valence-corrected chi connectivity index (χ2v) is 5.96. The molecule has 1 N–H and O–H groups in total. The summed E-state index contributed by atoms with van der Waals surface area (Å²) in [6, 6.07) is 8.01. The maximum absolute atomic E-state index is 12.0. The van der Waals surface area contributed by atoms with Gasteiger partial charge in [0.1, 0.15) is 0 Å². The first kappa shape index (κ1) is 15.6. The number of aryl methyl sites for hydroxylation is 1. The van der Waals surface area contributed by atoms with Crippen molar-refractivity contribution in [3.05, 3.63) is 29.3 Å². The number of nitrogens with zero attached hydrogens (tertiary/aromatic N) is 1. The molecule has 0 spiro atoms. The van der Waals surface area contributed by atoms with Crippen molar-refractivity contribution in [1.82, 2.24) is 0 Å². The average molecular weight is 276 g/mol. The van der Waals surface area contributed by atoms with E-state index >= 15 is 0 Å². The van der Waals surface area contributed by atoms with E-state index in [1.54, 1.807) is 11.8 Å². The molecule has 0 aliphatic heterocycles. The Bertz CT molecular complexity index is 480. The Hall–Kier alpha value is -1.47. The molecule has 1 atom stereocenters. The van der Waals surface area contributed by atoms with Gasteiger partial charge >= 0.3 is 0 Å². The molecule has 0 aromatic heterocycles. The van der Waals surface area contributed by atoms with Gasteiger partial charge in [-0.3, -0.25) is 4.79 Å². The van der Waals surface area contributed by atoms with Crippen molar-refractivity contribution in [3.63, 3.8) is 0 Å². The van der Waals surface area contributed by atoms with E-state index in [9.17, 15) is 4.79 Å². The molecule has 3 nitrogen and oxygen atoms in total. The normalized spacial score (nSPS) is 11.7. The molecule has 0 heterocycles. The van der Waals surface area contributed by atoms with Crippen LogP contribution >= 0.6 is 11.8 Å². The van der Waals surface area contributed by atoms with Crippen LogP contribution in [0.4, 0.5) is 5.69 Å². The Morgan fingerprint density at radius 1 is 1.47 bits per heavy atom. The maximum Gasteiger partial charge on any atom is 0.237 e. The lowest BCUT2D eigenvalue weighted by molar-refractivity contribution is -0.115. The minimum atomic E-state index is -0.0985. The lowest BCUT2D eigenvalue weighted by atomic mass is 10.1. The van der Waals surface area contributed by atoms with Crippen LogP contribution in [0.25, 0.3) is 0 Å². The second kappa shape index (κ2) is 7.85. The van der Waals surface area contributed by atoms with Gasteiger partial charge in [-0.2, -0.15) is 5.26 Å². The summed E-state index contributed by atoms with van der Waals surface area (Å²) in [6.07, 6.45) is 1.39. The highest BCUT2D eigenvalue weighted by Crippen LogP contribution is 2.20. The molecule has 1 rings (SSSR count). The van der Waals surface area contributed by atoms with Crippen LogP contribution in [0.5, 0.6) is 0 Å². The highest BCUT2D eigenvalue weighted by atomic mass is 32.2. The quantitative estimate of drug-likeness (QED) is 0.807. The molecule has 19 heavy (non-hydrogen) atoms. The zero-order chi connectivity index (χ0) is 14.3. The van der Waals surface area contributed by atoms with Gasteiger partial charge in [-0.15, -0.1) is 11.8 Å². The van der Waals surface area contributed by atoms with Gasteiger partial charge in [0.2, 0.25) is 5.91 Å². The summed E-state index contributed by atoms with van der Waals surface area (Å²) >= 11 is 1.59. The molecule has 0 aliphatic rings. The predicted molar refractivity (Wildman–Crippen MR) is 81.3 cm³/mol. The Labute approximate surface area is 119 Å². The number of carbonyl (C=O) groups is 1. The summed E-state index contributed by atoms with van der Waals surface area (Å²) in [6.45, 7) is 5.94. The van der Waals surface area contributed by atoms with E-state index in [0.717, 1.165) is 23.4 Å². The predicted octanol–water partition coefficient (Wildman–Crippen LogP) is 3.67. The minimum absolute atomic E-state index is 0.0238. The number of carbonyl (C=O) groups excluding carboxylic acids is 1. The largest absolute Gasteiger partial charge is 0.325 e. The first-order valence-corrected chi connectivity index (χ1v) is 7.46. The third kappa shape index (κ3) is 4.96. The summed E-state index contributed by atoms with van der Waals surface area (Å²) < 4.78 is 0. The van der Waals surface area contributed by atoms with Crippen LogP contribution in [0.1, 0.15) is 30.9 Å². The molecule has 0 aliphatic carbocycles. The van der Waals surface area contributed by atoms with Crippen molar-refractivity contribution < 1.29 is 4.79 Å². The van der Waals surface area contributed by atoms with E-state index in [-0.39, 0.29) is 11.2 Å². The SMILES string of the molecule is Cc1cccc(NC(=O)C(C)SCCCC#N)c1C. The third-order valence-corrected chi connectivity index (χ3v) is 4.27. The van der Waals surface area contributed by atoms with Crippen LogP contribution in [-0.4, -0.2) is 16.9 Å². The van der Waals surface area contributed by atoms with Gasteiger partial charge in [-0.05, 0) is 50.1 Å². The van der Waals surface area contributed by atoms with E-state index in [1.807, 2.05) is 39.0 Å². The van der Waals surface area contributed by atoms with Crippen molar-refractivity contribution >= 4 is 23.4 Å². The molecule has 1 aromatic carbocycles. The fourth-order valence-corrected chi connectivity index (χ4v) is 2.48. The van der Waals surface area contributed by atoms with Gasteiger partial charge in [-0.1, -0.05) is 12.1 Å². The molecule has 1 unspecified atom stereocenters. The van der Waals surface area contributed by atoms with Gasteiger partial charge in [-0.25, -0.2) is 0 Å². The van der Waals surface area contributed by atoms with Crippen LogP contribution in [0.15, 0.2) is 18.2 Å². The number of anilines is 1. The summed E-state index contributed by atoms with van der Waals surface area (Å²) in [4.78, 5) is 12.0.